The zero-order chi connectivity index (χ0) is 31.7. The van der Waals surface area contributed by atoms with Gasteiger partial charge < -0.3 is 47.3 Å². The van der Waals surface area contributed by atoms with Gasteiger partial charge in [-0.2, -0.15) is 4.98 Å². The van der Waals surface area contributed by atoms with Crippen LogP contribution in [-0.4, -0.2) is 87.6 Å². The number of carboxylic acid groups (broad SMARTS) is 2. The highest BCUT2D eigenvalue weighted by atomic mass is 16.6. The Bertz CT molecular complexity index is 1440. The number of nitrogens with two attached hydrogens (primary N) is 2. The first kappa shape index (κ1) is 32.0. The van der Waals surface area contributed by atoms with E-state index in [1.165, 1.54) is 17.0 Å². The average molecular weight is 603 g/mol. The molecule has 230 valence electrons. The molecule has 0 spiro atoms. The minimum absolute atomic E-state index is 0.0291. The number of ether oxygens (including phenoxy) is 1. The molecular weight excluding hydrogens is 572 g/mol. The van der Waals surface area contributed by atoms with Gasteiger partial charge in [0.25, 0.3) is 11.5 Å². The number of nitrogens with zero attached hydrogens (tertiary/aromatic N) is 2. The molecule has 43 heavy (non-hydrogen) atoms. The number of rotatable bonds is 14. The quantitative estimate of drug-likeness (QED) is 0.0689. The zero-order valence-corrected chi connectivity index (χ0v) is 22.6. The summed E-state index contributed by atoms with van der Waals surface area (Å²) in [5.74, 6) is -5.49. The number of carboxylic acids is 2. The smallest absolute Gasteiger partial charge is 0.330 e. The van der Waals surface area contributed by atoms with Crippen LogP contribution in [0.3, 0.4) is 0 Å². The number of esters is 2. The van der Waals surface area contributed by atoms with E-state index >= 15 is 0 Å². The first-order chi connectivity index (χ1) is 20.4. The fourth-order valence-corrected chi connectivity index (χ4v) is 4.02. The molecule has 2 amide bonds. The maximum atomic E-state index is 12.6. The Labute approximate surface area is 242 Å². The third-order valence-corrected chi connectivity index (χ3v) is 6.30. The highest BCUT2D eigenvalue weighted by molar-refractivity contribution is 5.97. The first-order valence-electron chi connectivity index (χ1n) is 12.9. The van der Waals surface area contributed by atoms with Crippen LogP contribution in [0.15, 0.2) is 29.1 Å². The lowest BCUT2D eigenvalue weighted by Crippen LogP contribution is -2.50. The molecule has 10 N–H and O–H groups in total. The molecule has 1 aromatic carbocycles. The van der Waals surface area contributed by atoms with E-state index in [-0.39, 0.29) is 42.5 Å². The number of carbonyl (C=O) groups excluding carboxylic acids is 4. The van der Waals surface area contributed by atoms with Gasteiger partial charge in [-0.25, -0.2) is 9.59 Å². The van der Waals surface area contributed by atoms with Crippen LogP contribution in [-0.2, 0) is 28.7 Å². The molecule has 0 saturated heterocycles. The number of aromatic nitrogens is 2. The molecule has 1 aliphatic heterocycles. The normalized spacial score (nSPS) is 15.2. The molecule has 0 saturated carbocycles. The first-order valence-corrected chi connectivity index (χ1v) is 12.9. The summed E-state index contributed by atoms with van der Waals surface area (Å²) in [6.07, 6.45) is -1.07. The number of aliphatic carboxylic acids is 2. The summed E-state index contributed by atoms with van der Waals surface area (Å²) in [5, 5.41) is 26.4. The van der Waals surface area contributed by atoms with Crippen molar-refractivity contribution in [3.8, 4) is 0 Å². The van der Waals surface area contributed by atoms with Gasteiger partial charge in [-0.15, -0.1) is 0 Å². The van der Waals surface area contributed by atoms with Crippen molar-refractivity contribution in [2.45, 2.75) is 43.8 Å². The van der Waals surface area contributed by atoms with Gasteiger partial charge in [-0.3, -0.25) is 29.0 Å². The second-order valence-electron chi connectivity index (χ2n) is 9.39. The highest BCUT2D eigenvalue weighted by Crippen LogP contribution is 2.25. The lowest BCUT2D eigenvalue weighted by atomic mass is 10.1. The Morgan fingerprint density at radius 2 is 1.84 bits per heavy atom. The van der Waals surface area contributed by atoms with Crippen molar-refractivity contribution in [3.05, 3.63) is 40.2 Å². The summed E-state index contributed by atoms with van der Waals surface area (Å²) in [4.78, 5) is 90.2. The minimum Gasteiger partial charge on any atom is -0.481 e. The van der Waals surface area contributed by atoms with Gasteiger partial charge >= 0.3 is 23.9 Å². The molecule has 0 radical (unpaired) electrons. The van der Waals surface area contributed by atoms with Crippen LogP contribution < -0.4 is 37.9 Å². The fraction of sp³-hybridized carbons (Fsp3) is 0.360. The van der Waals surface area contributed by atoms with Crippen LogP contribution in [0, 0.1) is 0 Å². The molecule has 18 heteroatoms. The number of hydrogen-bond acceptors (Lipinski definition) is 13. The number of H-pyrrole nitrogens is 1. The Hall–Kier alpha value is -5.52. The molecule has 0 fully saturated rings. The minimum atomic E-state index is -1.49. The molecule has 18 nitrogen and oxygen atoms in total. The molecule has 2 aromatic rings. The van der Waals surface area contributed by atoms with E-state index in [0.717, 1.165) is 0 Å². The number of anilines is 4. The van der Waals surface area contributed by atoms with Gasteiger partial charge in [0.15, 0.2) is 11.5 Å². The second kappa shape index (κ2) is 14.4. The summed E-state index contributed by atoms with van der Waals surface area (Å²) < 4.78 is 4.53. The standard InChI is InChI=1S/C25H30N8O10/c26-15(5-7-17(35)36)24(42)43-18(37)8-6-16(23(40)41)30-21(38)12-1-3-13(4-2-12)28-9-14-10-29-20-19(33(14)11-34)22(39)32-25(27)31-20/h1-4,11,14-16,28H,5-10,26H2,(H,30,38)(H,35,36)(H,40,41)(H4,27,29,31,32,39)/t14?,15-,16-/m0/s1. The van der Waals surface area contributed by atoms with E-state index in [0.29, 0.717) is 12.1 Å². The molecule has 1 aliphatic rings. The lowest BCUT2D eigenvalue weighted by Gasteiger charge is -2.34. The van der Waals surface area contributed by atoms with Crippen molar-refractivity contribution in [2.24, 2.45) is 5.73 Å². The molecule has 2 heterocycles. The zero-order valence-electron chi connectivity index (χ0n) is 22.6. The summed E-state index contributed by atoms with van der Waals surface area (Å²) in [7, 11) is 0. The Morgan fingerprint density at radius 3 is 2.47 bits per heavy atom. The van der Waals surface area contributed by atoms with E-state index in [1.54, 1.807) is 12.1 Å². The predicted octanol–water partition coefficient (Wildman–Crippen LogP) is -1.55. The summed E-state index contributed by atoms with van der Waals surface area (Å²) in [6, 6.07) is 2.64. The maximum absolute atomic E-state index is 12.6. The summed E-state index contributed by atoms with van der Waals surface area (Å²) in [6.45, 7) is 0.482. The Balaban J connectivity index is 1.52. The number of amides is 2. The van der Waals surface area contributed by atoms with Crippen LogP contribution in [0.4, 0.5) is 23.1 Å². The molecule has 3 atom stereocenters. The molecule has 0 bridgehead atoms. The van der Waals surface area contributed by atoms with Crippen molar-refractivity contribution in [2.75, 3.05) is 34.4 Å². The highest BCUT2D eigenvalue weighted by Gasteiger charge is 2.30. The lowest BCUT2D eigenvalue weighted by molar-refractivity contribution is -0.160. The number of hydrogen-bond donors (Lipinski definition) is 8. The summed E-state index contributed by atoms with van der Waals surface area (Å²) in [5.41, 5.74) is 11.1. The van der Waals surface area contributed by atoms with Gasteiger partial charge in [0.2, 0.25) is 12.4 Å². The van der Waals surface area contributed by atoms with Gasteiger partial charge in [0, 0.05) is 37.2 Å². The number of aromatic amines is 1. The van der Waals surface area contributed by atoms with E-state index in [4.69, 9.17) is 16.6 Å². The number of fused-ring (bicyclic) bond motifs is 1. The largest absolute Gasteiger partial charge is 0.481 e. The van der Waals surface area contributed by atoms with Crippen LogP contribution >= 0.6 is 0 Å². The van der Waals surface area contributed by atoms with Crippen molar-refractivity contribution in [1.82, 2.24) is 15.3 Å². The van der Waals surface area contributed by atoms with Crippen LogP contribution in [0.5, 0.6) is 0 Å². The van der Waals surface area contributed by atoms with E-state index in [2.05, 4.69) is 30.7 Å². The van der Waals surface area contributed by atoms with Gasteiger partial charge in [-0.1, -0.05) is 0 Å². The SMILES string of the molecule is Nc1nc2c(c(=O)[nH]1)N(C=O)C(CNc1ccc(C(=O)N[C@@H](CCC(=O)OC(=O)[C@@H](N)CCC(=O)O)C(=O)O)cc1)CN2. The average Bonchev–Trinajstić information content (AvgIpc) is 2.96. The van der Waals surface area contributed by atoms with E-state index in [9.17, 15) is 38.7 Å². The van der Waals surface area contributed by atoms with E-state index in [1.807, 2.05) is 0 Å². The Morgan fingerprint density at radius 1 is 1.14 bits per heavy atom. The fourth-order valence-electron chi connectivity index (χ4n) is 4.02. The van der Waals surface area contributed by atoms with Crippen molar-refractivity contribution < 1.29 is 43.7 Å². The monoisotopic (exact) mass is 602 g/mol. The molecule has 3 rings (SSSR count). The van der Waals surface area contributed by atoms with Gasteiger partial charge in [0.05, 0.1) is 6.04 Å². The maximum Gasteiger partial charge on any atom is 0.330 e. The van der Waals surface area contributed by atoms with Crippen LogP contribution in [0.1, 0.15) is 36.0 Å². The van der Waals surface area contributed by atoms with Crippen LogP contribution in [0.2, 0.25) is 0 Å². The molecule has 0 aliphatic carbocycles. The number of benzene rings is 1. The predicted molar refractivity (Wildman–Crippen MR) is 149 cm³/mol. The Kier molecular flexibility index (Phi) is 10.7. The second-order valence-corrected chi connectivity index (χ2v) is 9.39. The third kappa shape index (κ3) is 8.73. The number of nitrogen functional groups attached to an aromatic ring is 1. The van der Waals surface area contributed by atoms with Gasteiger partial charge in [-0.05, 0) is 37.1 Å². The number of carbonyl (C=O) groups is 6. The molecular formula is C25H30N8O10. The topological polar surface area (TPSA) is 289 Å². The summed E-state index contributed by atoms with van der Waals surface area (Å²) >= 11 is 0. The van der Waals surface area contributed by atoms with Crippen molar-refractivity contribution in [1.29, 1.82) is 0 Å². The van der Waals surface area contributed by atoms with Crippen molar-refractivity contribution in [3.63, 3.8) is 0 Å². The van der Waals surface area contributed by atoms with Crippen LogP contribution in [0.25, 0.3) is 0 Å². The third-order valence-electron chi connectivity index (χ3n) is 6.30. The van der Waals surface area contributed by atoms with Crippen molar-refractivity contribution >= 4 is 59.3 Å². The molecule has 1 aromatic heterocycles. The van der Waals surface area contributed by atoms with E-state index < -0.39 is 72.7 Å². The number of nitrogens with one attached hydrogen (secondary N) is 4. The van der Waals surface area contributed by atoms with Gasteiger partial charge in [0.1, 0.15) is 12.1 Å². The molecule has 1 unspecified atom stereocenters.